The molecule has 2 heterocycles. The Hall–Kier alpha value is -1.75. The number of para-hydroxylation sites is 2. The molecule has 18 heavy (non-hydrogen) atoms. The van der Waals surface area contributed by atoms with Crippen LogP contribution in [0.15, 0.2) is 29.1 Å². The van der Waals surface area contributed by atoms with Gasteiger partial charge >= 0.3 is 5.69 Å². The van der Waals surface area contributed by atoms with Gasteiger partial charge in [-0.2, -0.15) is 5.10 Å². The first-order valence-electron chi connectivity index (χ1n) is 5.78. The zero-order chi connectivity index (χ0) is 12.5. The van der Waals surface area contributed by atoms with Crippen LogP contribution in [0.5, 0.6) is 5.75 Å². The molecular weight excluding hydrogens is 254 g/mol. The van der Waals surface area contributed by atoms with E-state index >= 15 is 0 Å². The van der Waals surface area contributed by atoms with Crippen molar-refractivity contribution in [1.29, 1.82) is 0 Å². The average molecular weight is 266 g/mol. The number of nitrogens with zero attached hydrogens (tertiary/aromatic N) is 3. The highest BCUT2D eigenvalue weighted by atomic mass is 35.5. The Labute approximate surface area is 109 Å². The van der Waals surface area contributed by atoms with E-state index in [1.54, 1.807) is 4.57 Å². The quantitative estimate of drug-likeness (QED) is 0.792. The molecule has 0 spiro atoms. The Bertz CT molecular complexity index is 632. The third kappa shape index (κ3) is 1.71. The van der Waals surface area contributed by atoms with Gasteiger partial charge in [-0.25, -0.2) is 14.0 Å². The monoisotopic (exact) mass is 265 g/mol. The van der Waals surface area contributed by atoms with E-state index in [9.17, 15) is 4.79 Å². The molecule has 5 nitrogen and oxygen atoms in total. The summed E-state index contributed by atoms with van der Waals surface area (Å²) in [5.74, 6) is 1.86. The van der Waals surface area contributed by atoms with E-state index in [1.165, 1.54) is 4.68 Å². The summed E-state index contributed by atoms with van der Waals surface area (Å²) in [6.07, 6.45) is 0.723. The van der Waals surface area contributed by atoms with Crippen molar-refractivity contribution in [3.05, 3.63) is 40.6 Å². The molecule has 0 saturated carbocycles. The SMILES string of the molecule is O=c1n(CCCCl)nc2n1-c1ccccc1OC2. The largest absolute Gasteiger partial charge is 0.483 e. The lowest BCUT2D eigenvalue weighted by Crippen LogP contribution is -2.26. The Balaban J connectivity index is 2.10. The van der Waals surface area contributed by atoms with Crippen molar-refractivity contribution < 1.29 is 4.74 Å². The molecule has 6 heteroatoms. The van der Waals surface area contributed by atoms with Crippen LogP contribution in [0.4, 0.5) is 0 Å². The number of aryl methyl sites for hydroxylation is 1. The first-order chi connectivity index (χ1) is 8.81. The Morgan fingerprint density at radius 3 is 3.06 bits per heavy atom. The molecule has 0 fully saturated rings. The standard InChI is InChI=1S/C12H12ClN3O2/c13-6-3-7-15-12(17)16-9-4-1-2-5-10(9)18-8-11(16)14-15/h1-2,4-5H,3,6-8H2. The molecule has 1 aliphatic rings. The molecule has 1 aromatic heterocycles. The Morgan fingerprint density at radius 2 is 2.22 bits per heavy atom. The molecule has 2 aromatic rings. The number of fused-ring (bicyclic) bond motifs is 3. The zero-order valence-electron chi connectivity index (χ0n) is 9.67. The highest BCUT2D eigenvalue weighted by molar-refractivity contribution is 6.17. The summed E-state index contributed by atoms with van der Waals surface area (Å²) >= 11 is 5.64. The van der Waals surface area contributed by atoms with Crippen LogP contribution in [0.1, 0.15) is 12.2 Å². The summed E-state index contributed by atoms with van der Waals surface area (Å²) in [6, 6.07) is 7.46. The number of benzene rings is 1. The van der Waals surface area contributed by atoms with E-state index in [1.807, 2.05) is 24.3 Å². The van der Waals surface area contributed by atoms with Crippen molar-refractivity contribution in [3.8, 4) is 11.4 Å². The second-order valence-electron chi connectivity index (χ2n) is 4.06. The Morgan fingerprint density at radius 1 is 1.39 bits per heavy atom. The minimum absolute atomic E-state index is 0.133. The van der Waals surface area contributed by atoms with Gasteiger partial charge in [-0.1, -0.05) is 12.1 Å². The van der Waals surface area contributed by atoms with Gasteiger partial charge in [-0.15, -0.1) is 11.6 Å². The lowest BCUT2D eigenvalue weighted by Gasteiger charge is -2.16. The number of aromatic nitrogens is 3. The van der Waals surface area contributed by atoms with Crippen LogP contribution in [0, 0.1) is 0 Å². The molecular formula is C12H12ClN3O2. The minimum atomic E-state index is -0.133. The second-order valence-corrected chi connectivity index (χ2v) is 4.43. The molecule has 1 aromatic carbocycles. The van der Waals surface area contributed by atoms with Crippen LogP contribution in [-0.4, -0.2) is 20.2 Å². The highest BCUT2D eigenvalue weighted by Crippen LogP contribution is 2.26. The lowest BCUT2D eigenvalue weighted by atomic mass is 10.2. The summed E-state index contributed by atoms with van der Waals surface area (Å²) in [5.41, 5.74) is 0.617. The molecule has 0 radical (unpaired) electrons. The van der Waals surface area contributed by atoms with Gasteiger partial charge in [0.05, 0.1) is 5.69 Å². The molecule has 0 atom stereocenters. The van der Waals surface area contributed by atoms with Crippen LogP contribution in [0.3, 0.4) is 0 Å². The fourth-order valence-electron chi connectivity index (χ4n) is 2.05. The second kappa shape index (κ2) is 4.49. The zero-order valence-corrected chi connectivity index (χ0v) is 10.4. The van der Waals surface area contributed by atoms with E-state index < -0.39 is 0 Å². The van der Waals surface area contributed by atoms with Crippen molar-refractivity contribution in [3.63, 3.8) is 0 Å². The van der Waals surface area contributed by atoms with Gasteiger partial charge in [-0.3, -0.25) is 0 Å². The van der Waals surface area contributed by atoms with Gasteiger partial charge in [-0.05, 0) is 18.6 Å². The maximum absolute atomic E-state index is 12.2. The molecule has 1 aliphatic heterocycles. The van der Waals surface area contributed by atoms with Gasteiger partial charge in [0, 0.05) is 12.4 Å². The van der Waals surface area contributed by atoms with Crippen LogP contribution in [-0.2, 0) is 13.2 Å². The smallest absolute Gasteiger partial charge is 0.350 e. The molecule has 0 amide bonds. The van der Waals surface area contributed by atoms with Crippen molar-refractivity contribution in [2.24, 2.45) is 0 Å². The molecule has 0 bridgehead atoms. The number of halogens is 1. The van der Waals surface area contributed by atoms with Gasteiger partial charge < -0.3 is 4.74 Å². The fourth-order valence-corrected chi connectivity index (χ4v) is 2.17. The lowest BCUT2D eigenvalue weighted by molar-refractivity contribution is 0.278. The van der Waals surface area contributed by atoms with Crippen molar-refractivity contribution in [1.82, 2.24) is 14.3 Å². The maximum atomic E-state index is 12.2. The molecule has 3 rings (SSSR count). The first-order valence-corrected chi connectivity index (χ1v) is 6.31. The molecule has 0 N–H and O–H groups in total. The summed E-state index contributed by atoms with van der Waals surface area (Å²) in [5, 5.41) is 4.27. The van der Waals surface area contributed by atoms with Gasteiger partial charge in [0.25, 0.3) is 0 Å². The van der Waals surface area contributed by atoms with E-state index in [-0.39, 0.29) is 5.69 Å². The third-order valence-electron chi connectivity index (χ3n) is 2.87. The number of ether oxygens (including phenoxy) is 1. The van der Waals surface area contributed by atoms with E-state index in [0.29, 0.717) is 30.6 Å². The van der Waals surface area contributed by atoms with Crippen LogP contribution in [0.25, 0.3) is 5.69 Å². The Kier molecular flexibility index (Phi) is 2.83. The van der Waals surface area contributed by atoms with E-state index in [0.717, 1.165) is 12.1 Å². The summed E-state index contributed by atoms with van der Waals surface area (Å²) in [7, 11) is 0. The van der Waals surface area contributed by atoms with Crippen molar-refractivity contribution in [2.75, 3.05) is 5.88 Å². The number of hydrogen-bond donors (Lipinski definition) is 0. The van der Waals surface area contributed by atoms with Gasteiger partial charge in [0.1, 0.15) is 12.4 Å². The average Bonchev–Trinajstić information content (AvgIpc) is 2.73. The first kappa shape index (κ1) is 11.3. The number of alkyl halides is 1. The third-order valence-corrected chi connectivity index (χ3v) is 3.14. The number of rotatable bonds is 3. The summed E-state index contributed by atoms with van der Waals surface area (Å²) < 4.78 is 8.61. The summed E-state index contributed by atoms with van der Waals surface area (Å²) in [6.45, 7) is 0.852. The fraction of sp³-hybridized carbons (Fsp3) is 0.333. The predicted molar refractivity (Wildman–Crippen MR) is 67.5 cm³/mol. The van der Waals surface area contributed by atoms with Crippen LogP contribution < -0.4 is 10.4 Å². The van der Waals surface area contributed by atoms with Crippen molar-refractivity contribution >= 4 is 11.6 Å². The molecule has 94 valence electrons. The maximum Gasteiger partial charge on any atom is 0.350 e. The van der Waals surface area contributed by atoms with Gasteiger partial charge in [0.2, 0.25) is 0 Å². The molecule has 0 aliphatic carbocycles. The molecule has 0 saturated heterocycles. The van der Waals surface area contributed by atoms with E-state index in [4.69, 9.17) is 16.3 Å². The normalized spacial score (nSPS) is 12.7. The van der Waals surface area contributed by atoms with Gasteiger partial charge in [0.15, 0.2) is 5.82 Å². The molecule has 0 unspecified atom stereocenters. The van der Waals surface area contributed by atoms with Crippen LogP contribution in [0.2, 0.25) is 0 Å². The van der Waals surface area contributed by atoms with Crippen molar-refractivity contribution in [2.45, 2.75) is 19.6 Å². The topological polar surface area (TPSA) is 49.0 Å². The predicted octanol–water partition coefficient (Wildman–Crippen LogP) is 1.56. The van der Waals surface area contributed by atoms with E-state index in [2.05, 4.69) is 5.10 Å². The number of hydrogen-bond acceptors (Lipinski definition) is 3. The van der Waals surface area contributed by atoms with Crippen LogP contribution >= 0.6 is 11.6 Å². The minimum Gasteiger partial charge on any atom is -0.483 e. The highest BCUT2D eigenvalue weighted by Gasteiger charge is 2.22. The summed E-state index contributed by atoms with van der Waals surface area (Å²) in [4.78, 5) is 12.2.